The normalized spacial score (nSPS) is 32.2. The summed E-state index contributed by atoms with van der Waals surface area (Å²) in [5.74, 6) is 0.320. The molecule has 25 heavy (non-hydrogen) atoms. The van der Waals surface area contributed by atoms with Crippen LogP contribution in [0.15, 0.2) is 0 Å². The lowest BCUT2D eigenvalue weighted by Crippen LogP contribution is -2.53. The third-order valence-corrected chi connectivity index (χ3v) is 8.74. The maximum absolute atomic E-state index is 13.0. The van der Waals surface area contributed by atoms with Crippen LogP contribution < -0.4 is 0 Å². The van der Waals surface area contributed by atoms with Gasteiger partial charge in [-0.25, -0.2) is 13.2 Å². The molecule has 3 aliphatic rings. The summed E-state index contributed by atoms with van der Waals surface area (Å²) >= 11 is 0. The summed E-state index contributed by atoms with van der Waals surface area (Å²) in [7, 11) is -3.54. The minimum absolute atomic E-state index is 0.0955. The minimum atomic E-state index is -3.54. The second kappa shape index (κ2) is 6.23. The highest BCUT2D eigenvalue weighted by Gasteiger charge is 2.65. The molecule has 3 rings (SSSR count). The van der Waals surface area contributed by atoms with E-state index in [4.69, 9.17) is 4.74 Å². The van der Waals surface area contributed by atoms with Gasteiger partial charge in [-0.3, -0.25) is 4.79 Å². The summed E-state index contributed by atoms with van der Waals surface area (Å²) < 4.78 is 32.4. The molecule has 3 fully saturated rings. The van der Waals surface area contributed by atoms with Gasteiger partial charge in [-0.15, -0.1) is 0 Å². The Kier molecular flexibility index (Phi) is 4.64. The van der Waals surface area contributed by atoms with E-state index in [1.54, 1.807) is 6.92 Å². The Labute approximate surface area is 149 Å². The number of piperazine rings is 1. The van der Waals surface area contributed by atoms with Gasteiger partial charge in [-0.2, -0.15) is 4.31 Å². The summed E-state index contributed by atoms with van der Waals surface area (Å²) in [4.78, 5) is 25.9. The number of rotatable bonds is 4. The predicted molar refractivity (Wildman–Crippen MR) is 92.5 cm³/mol. The second-order valence-corrected chi connectivity index (χ2v) is 9.98. The number of carbonyl (C=O) groups excluding carboxylic acids is 2. The van der Waals surface area contributed by atoms with Crippen LogP contribution >= 0.6 is 0 Å². The van der Waals surface area contributed by atoms with Gasteiger partial charge in [0, 0.05) is 38.0 Å². The first-order valence-corrected chi connectivity index (χ1v) is 10.7. The van der Waals surface area contributed by atoms with Crippen LogP contribution in [-0.4, -0.2) is 68.0 Å². The molecule has 7 nitrogen and oxygen atoms in total. The highest BCUT2D eigenvalue weighted by atomic mass is 32.2. The first kappa shape index (κ1) is 18.6. The van der Waals surface area contributed by atoms with Crippen LogP contribution in [0.5, 0.6) is 0 Å². The number of nitrogens with zero attached hydrogens (tertiary/aromatic N) is 2. The lowest BCUT2D eigenvalue weighted by molar-refractivity contribution is -0.128. The van der Waals surface area contributed by atoms with Crippen molar-refractivity contribution in [3.8, 4) is 0 Å². The van der Waals surface area contributed by atoms with Gasteiger partial charge in [-0.05, 0) is 31.1 Å². The van der Waals surface area contributed by atoms with Crippen molar-refractivity contribution < 1.29 is 22.7 Å². The van der Waals surface area contributed by atoms with Crippen molar-refractivity contribution >= 4 is 21.9 Å². The molecular weight excluding hydrogens is 344 g/mol. The van der Waals surface area contributed by atoms with Gasteiger partial charge in [0.15, 0.2) is 0 Å². The molecule has 1 heterocycles. The monoisotopic (exact) mass is 372 g/mol. The van der Waals surface area contributed by atoms with E-state index in [0.29, 0.717) is 38.5 Å². The SMILES string of the molecule is CCOC(=O)N1CCN(S(=O)(=O)C[C@]23CC[C@@H](CC2=O)C3(C)C)CC1. The van der Waals surface area contributed by atoms with Gasteiger partial charge in [0.1, 0.15) is 5.78 Å². The summed E-state index contributed by atoms with van der Waals surface area (Å²) in [5.41, 5.74) is -1.00. The van der Waals surface area contributed by atoms with E-state index in [0.717, 1.165) is 6.42 Å². The van der Waals surface area contributed by atoms with E-state index in [-0.39, 0.29) is 30.0 Å². The molecule has 1 aliphatic heterocycles. The van der Waals surface area contributed by atoms with Crippen LogP contribution in [0, 0.1) is 16.7 Å². The molecule has 2 bridgehead atoms. The number of hydrogen-bond donors (Lipinski definition) is 0. The Hall–Kier alpha value is -1.15. The molecule has 0 spiro atoms. The van der Waals surface area contributed by atoms with E-state index < -0.39 is 21.5 Å². The summed E-state index contributed by atoms with van der Waals surface area (Å²) in [6, 6.07) is 0. The smallest absolute Gasteiger partial charge is 0.409 e. The van der Waals surface area contributed by atoms with Gasteiger partial charge in [-0.1, -0.05) is 13.8 Å². The molecule has 2 aliphatic carbocycles. The molecule has 142 valence electrons. The van der Waals surface area contributed by atoms with Crippen LogP contribution in [0.25, 0.3) is 0 Å². The molecule has 1 saturated heterocycles. The maximum Gasteiger partial charge on any atom is 0.409 e. The van der Waals surface area contributed by atoms with Crippen LogP contribution in [0.1, 0.15) is 40.0 Å². The Bertz CT molecular complexity index is 667. The molecule has 2 atom stereocenters. The zero-order chi connectivity index (χ0) is 18.5. The van der Waals surface area contributed by atoms with Crippen LogP contribution in [0.2, 0.25) is 0 Å². The molecule has 1 amide bonds. The van der Waals surface area contributed by atoms with Crippen molar-refractivity contribution in [2.75, 3.05) is 38.5 Å². The van der Waals surface area contributed by atoms with Crippen LogP contribution in [0.4, 0.5) is 4.79 Å². The largest absolute Gasteiger partial charge is 0.450 e. The Morgan fingerprint density at radius 3 is 2.36 bits per heavy atom. The van der Waals surface area contributed by atoms with Crippen molar-refractivity contribution in [3.63, 3.8) is 0 Å². The Morgan fingerprint density at radius 2 is 1.88 bits per heavy atom. The Balaban J connectivity index is 1.70. The van der Waals surface area contributed by atoms with Gasteiger partial charge < -0.3 is 9.64 Å². The molecule has 0 unspecified atom stereocenters. The Morgan fingerprint density at radius 1 is 1.24 bits per heavy atom. The minimum Gasteiger partial charge on any atom is -0.450 e. The van der Waals surface area contributed by atoms with E-state index >= 15 is 0 Å². The number of Topliss-reactive ketones (excluding diaryl/α,β-unsaturated/α-hetero) is 1. The number of ketones is 1. The van der Waals surface area contributed by atoms with E-state index in [2.05, 4.69) is 0 Å². The van der Waals surface area contributed by atoms with Crippen LogP contribution in [-0.2, 0) is 19.6 Å². The molecule has 0 aromatic rings. The number of amides is 1. The predicted octanol–water partition coefficient (Wildman–Crippen LogP) is 1.49. The summed E-state index contributed by atoms with van der Waals surface area (Å²) in [6.07, 6.45) is 1.72. The van der Waals surface area contributed by atoms with Gasteiger partial charge in [0.05, 0.1) is 12.4 Å². The van der Waals surface area contributed by atoms with E-state index in [9.17, 15) is 18.0 Å². The van der Waals surface area contributed by atoms with Crippen LogP contribution in [0.3, 0.4) is 0 Å². The molecule has 0 N–H and O–H groups in total. The maximum atomic E-state index is 13.0. The highest BCUT2D eigenvalue weighted by molar-refractivity contribution is 7.89. The summed E-state index contributed by atoms with van der Waals surface area (Å²) in [5, 5.41) is 0. The topological polar surface area (TPSA) is 84.0 Å². The highest BCUT2D eigenvalue weighted by Crippen LogP contribution is 2.64. The molecule has 2 saturated carbocycles. The first-order chi connectivity index (χ1) is 11.6. The fourth-order valence-corrected chi connectivity index (χ4v) is 7.08. The van der Waals surface area contributed by atoms with Gasteiger partial charge >= 0.3 is 6.09 Å². The third kappa shape index (κ3) is 2.87. The molecule has 0 radical (unpaired) electrons. The number of sulfonamides is 1. The van der Waals surface area contributed by atoms with E-state index in [1.807, 2.05) is 13.8 Å². The van der Waals surface area contributed by atoms with Gasteiger partial charge in [0.25, 0.3) is 0 Å². The zero-order valence-corrected chi connectivity index (χ0v) is 16.1. The van der Waals surface area contributed by atoms with Crippen molar-refractivity contribution in [1.29, 1.82) is 0 Å². The van der Waals surface area contributed by atoms with Gasteiger partial charge in [0.2, 0.25) is 10.0 Å². The number of ether oxygens (including phenoxy) is 1. The molecular formula is C17H28N2O5S. The number of fused-ring (bicyclic) bond motifs is 2. The number of hydrogen-bond acceptors (Lipinski definition) is 5. The average Bonchev–Trinajstić information content (AvgIpc) is 2.89. The summed E-state index contributed by atoms with van der Waals surface area (Å²) in [6.45, 7) is 7.31. The standard InChI is InChI=1S/C17H28N2O5S/c1-4-24-15(21)18-7-9-19(10-8-18)25(22,23)12-17-6-5-13(11-14(17)20)16(17,2)3/h13H,4-12H2,1-3H3/t13-,17+/m0/s1. The fraction of sp³-hybridized carbons (Fsp3) is 0.882. The van der Waals surface area contributed by atoms with Crippen molar-refractivity contribution in [2.24, 2.45) is 16.7 Å². The lowest BCUT2D eigenvalue weighted by Gasteiger charge is -2.39. The quantitative estimate of drug-likeness (QED) is 0.746. The first-order valence-electron chi connectivity index (χ1n) is 9.07. The molecule has 0 aromatic heterocycles. The second-order valence-electron chi connectivity index (χ2n) is 8.01. The number of carbonyl (C=O) groups is 2. The zero-order valence-electron chi connectivity index (χ0n) is 15.3. The molecule has 0 aromatic carbocycles. The fourth-order valence-electron chi connectivity index (χ4n) is 4.87. The van der Waals surface area contributed by atoms with E-state index in [1.165, 1.54) is 9.21 Å². The average molecular weight is 372 g/mol. The van der Waals surface area contributed by atoms with Crippen molar-refractivity contribution in [3.05, 3.63) is 0 Å². The third-order valence-electron chi connectivity index (χ3n) is 6.73. The lowest BCUT2D eigenvalue weighted by atomic mass is 9.70. The molecule has 8 heteroatoms. The van der Waals surface area contributed by atoms with Crippen molar-refractivity contribution in [2.45, 2.75) is 40.0 Å². The van der Waals surface area contributed by atoms with Crippen molar-refractivity contribution in [1.82, 2.24) is 9.21 Å².